The van der Waals surface area contributed by atoms with E-state index >= 15 is 0 Å². The van der Waals surface area contributed by atoms with Gasteiger partial charge in [-0.3, -0.25) is 14.5 Å². The van der Waals surface area contributed by atoms with Gasteiger partial charge in [0.05, 0.1) is 19.6 Å². The number of benzene rings is 1. The van der Waals surface area contributed by atoms with E-state index in [1.165, 1.54) is 31.4 Å². The molecule has 2 N–H and O–H groups in total. The van der Waals surface area contributed by atoms with E-state index < -0.39 is 18.1 Å². The summed E-state index contributed by atoms with van der Waals surface area (Å²) >= 11 is 0. The number of esters is 1. The minimum Gasteiger partial charge on any atom is -0.491 e. The molecule has 1 aliphatic rings. The Hall–Kier alpha value is -2.19. The molecule has 0 bridgehead atoms. The van der Waals surface area contributed by atoms with E-state index in [0.717, 1.165) is 0 Å². The lowest BCUT2D eigenvalue weighted by Gasteiger charge is -2.35. The number of nitrogens with zero attached hydrogens (tertiary/aromatic N) is 1. The number of amides is 1. The molecule has 1 fully saturated rings. The summed E-state index contributed by atoms with van der Waals surface area (Å²) in [6.07, 6.45) is -0.936. The molecule has 1 heterocycles. The quantitative estimate of drug-likeness (QED) is 0.676. The molecule has 0 radical (unpaired) electrons. The molecule has 2 unspecified atom stereocenters. The maximum Gasteiger partial charge on any atom is 0.307 e. The van der Waals surface area contributed by atoms with Crippen LogP contribution < -0.4 is 10.1 Å². The number of methoxy groups -OCH3 is 1. The maximum absolute atomic E-state index is 12.8. The van der Waals surface area contributed by atoms with Crippen LogP contribution in [0.1, 0.15) is 6.42 Å². The largest absolute Gasteiger partial charge is 0.491 e. The third-order valence-electron chi connectivity index (χ3n) is 3.73. The molecular formula is C16H21FN2O5. The number of nitrogens with one attached hydrogen (secondary N) is 1. The van der Waals surface area contributed by atoms with Gasteiger partial charge in [0, 0.05) is 19.6 Å². The third kappa shape index (κ3) is 5.17. The summed E-state index contributed by atoms with van der Waals surface area (Å²) in [5.41, 5.74) is 0. The second kappa shape index (κ2) is 8.60. The highest BCUT2D eigenvalue weighted by molar-refractivity contribution is 5.87. The van der Waals surface area contributed by atoms with Crippen LogP contribution in [0.4, 0.5) is 4.39 Å². The first-order chi connectivity index (χ1) is 11.5. The molecule has 132 valence electrons. The summed E-state index contributed by atoms with van der Waals surface area (Å²) in [5.74, 6) is -0.678. The first kappa shape index (κ1) is 18.2. The fraction of sp³-hybridized carbons (Fsp3) is 0.500. The standard InChI is InChI=1S/C16H21FN2O5/c1-23-15(21)8-14-16(22)18-6-7-19(14)9-12(20)10-24-13-4-2-11(17)3-5-13/h2-5,12,14,20H,6-10H2,1H3,(H,18,22). The van der Waals surface area contributed by atoms with Crippen molar-refractivity contribution in [1.29, 1.82) is 0 Å². The van der Waals surface area contributed by atoms with Crippen LogP contribution in [-0.2, 0) is 14.3 Å². The van der Waals surface area contributed by atoms with Gasteiger partial charge in [0.25, 0.3) is 0 Å². The average molecular weight is 340 g/mol. The fourth-order valence-electron chi connectivity index (χ4n) is 2.49. The molecule has 24 heavy (non-hydrogen) atoms. The van der Waals surface area contributed by atoms with Gasteiger partial charge in [-0.1, -0.05) is 0 Å². The number of piperazine rings is 1. The van der Waals surface area contributed by atoms with Crippen LogP contribution in [0.3, 0.4) is 0 Å². The predicted molar refractivity (Wildman–Crippen MR) is 82.9 cm³/mol. The van der Waals surface area contributed by atoms with Gasteiger partial charge in [0.2, 0.25) is 5.91 Å². The first-order valence-corrected chi connectivity index (χ1v) is 7.64. The first-order valence-electron chi connectivity index (χ1n) is 7.64. The molecule has 7 nitrogen and oxygen atoms in total. The lowest BCUT2D eigenvalue weighted by Crippen LogP contribution is -2.57. The summed E-state index contributed by atoms with van der Waals surface area (Å²) in [5, 5.41) is 12.8. The van der Waals surface area contributed by atoms with Crippen molar-refractivity contribution in [3.8, 4) is 5.75 Å². The van der Waals surface area contributed by atoms with Crippen LogP contribution in [-0.4, -0.2) is 67.4 Å². The summed E-state index contributed by atoms with van der Waals surface area (Å²) in [4.78, 5) is 25.1. The second-order valence-corrected chi connectivity index (χ2v) is 5.50. The van der Waals surface area contributed by atoms with E-state index in [4.69, 9.17) is 4.74 Å². The molecular weight excluding hydrogens is 319 g/mol. The van der Waals surface area contributed by atoms with Crippen molar-refractivity contribution in [1.82, 2.24) is 10.2 Å². The van der Waals surface area contributed by atoms with Crippen LogP contribution in [0.2, 0.25) is 0 Å². The van der Waals surface area contributed by atoms with Crippen molar-refractivity contribution < 1.29 is 28.6 Å². The third-order valence-corrected chi connectivity index (χ3v) is 3.73. The SMILES string of the molecule is COC(=O)CC1C(=O)NCCN1CC(O)COc1ccc(F)cc1. The summed E-state index contributed by atoms with van der Waals surface area (Å²) in [7, 11) is 1.26. The van der Waals surface area contributed by atoms with Gasteiger partial charge in [-0.2, -0.15) is 0 Å². The number of aliphatic hydroxyl groups excluding tert-OH is 1. The Balaban J connectivity index is 1.87. The predicted octanol–water partition coefficient (Wildman–Crippen LogP) is -0.0711. The zero-order chi connectivity index (χ0) is 17.5. The molecule has 1 aromatic carbocycles. The number of carbonyl (C=O) groups excluding carboxylic acids is 2. The molecule has 1 saturated heterocycles. The van der Waals surface area contributed by atoms with E-state index in [9.17, 15) is 19.1 Å². The lowest BCUT2D eigenvalue weighted by molar-refractivity contribution is -0.146. The number of hydrogen-bond acceptors (Lipinski definition) is 6. The van der Waals surface area contributed by atoms with Crippen LogP contribution in [0.25, 0.3) is 0 Å². The average Bonchev–Trinajstić information content (AvgIpc) is 2.57. The zero-order valence-corrected chi connectivity index (χ0v) is 13.4. The zero-order valence-electron chi connectivity index (χ0n) is 13.4. The van der Waals surface area contributed by atoms with Crippen molar-refractivity contribution in [2.75, 3.05) is 33.4 Å². The summed E-state index contributed by atoms with van der Waals surface area (Å²) in [6.45, 7) is 1.13. The molecule has 0 aliphatic carbocycles. The molecule has 1 aromatic rings. The van der Waals surface area contributed by atoms with E-state index in [2.05, 4.69) is 10.1 Å². The van der Waals surface area contributed by atoms with E-state index in [-0.39, 0.29) is 31.3 Å². The van der Waals surface area contributed by atoms with E-state index in [0.29, 0.717) is 18.8 Å². The Labute approximate surface area is 139 Å². The van der Waals surface area contributed by atoms with Gasteiger partial charge in [0.15, 0.2) is 0 Å². The normalized spacial score (nSPS) is 19.5. The topological polar surface area (TPSA) is 88.1 Å². The summed E-state index contributed by atoms with van der Waals surface area (Å²) in [6, 6.07) is 4.80. The molecule has 0 aromatic heterocycles. The highest BCUT2D eigenvalue weighted by Gasteiger charge is 2.33. The Bertz CT molecular complexity index is 566. The Morgan fingerprint density at radius 1 is 1.46 bits per heavy atom. The van der Waals surface area contributed by atoms with Gasteiger partial charge in [-0.25, -0.2) is 4.39 Å². The van der Waals surface area contributed by atoms with E-state index in [1.54, 1.807) is 4.90 Å². The van der Waals surface area contributed by atoms with Gasteiger partial charge >= 0.3 is 5.97 Å². The molecule has 2 atom stereocenters. The second-order valence-electron chi connectivity index (χ2n) is 5.50. The van der Waals surface area contributed by atoms with Crippen molar-refractivity contribution in [2.24, 2.45) is 0 Å². The lowest BCUT2D eigenvalue weighted by atomic mass is 10.1. The Kier molecular flexibility index (Phi) is 6.51. The Morgan fingerprint density at radius 3 is 2.83 bits per heavy atom. The van der Waals surface area contributed by atoms with Crippen molar-refractivity contribution in [3.63, 3.8) is 0 Å². The number of aliphatic hydroxyl groups is 1. The molecule has 1 aliphatic heterocycles. The molecule has 0 spiro atoms. The minimum atomic E-state index is -0.860. The fourth-order valence-corrected chi connectivity index (χ4v) is 2.49. The van der Waals surface area contributed by atoms with Crippen molar-refractivity contribution in [3.05, 3.63) is 30.1 Å². The molecule has 1 amide bonds. The van der Waals surface area contributed by atoms with Crippen LogP contribution >= 0.6 is 0 Å². The maximum atomic E-state index is 12.8. The summed E-state index contributed by atoms with van der Waals surface area (Å²) < 4.78 is 22.8. The molecule has 2 rings (SSSR count). The van der Waals surface area contributed by atoms with E-state index in [1.807, 2.05) is 0 Å². The van der Waals surface area contributed by atoms with Crippen LogP contribution in [0, 0.1) is 5.82 Å². The number of halogens is 1. The number of hydrogen-bond donors (Lipinski definition) is 2. The number of carbonyl (C=O) groups is 2. The van der Waals surface area contributed by atoms with Gasteiger partial charge in [-0.05, 0) is 24.3 Å². The monoisotopic (exact) mass is 340 g/mol. The smallest absolute Gasteiger partial charge is 0.307 e. The van der Waals surface area contributed by atoms with Gasteiger partial charge in [0.1, 0.15) is 24.3 Å². The number of β-amino-alcohol motifs (C(OH)–C–C–N with tert-alkyl or cyclic N) is 1. The van der Waals surface area contributed by atoms with Crippen molar-refractivity contribution in [2.45, 2.75) is 18.6 Å². The highest BCUT2D eigenvalue weighted by atomic mass is 19.1. The number of rotatable bonds is 7. The van der Waals surface area contributed by atoms with Crippen LogP contribution in [0.5, 0.6) is 5.75 Å². The van der Waals surface area contributed by atoms with Crippen LogP contribution in [0.15, 0.2) is 24.3 Å². The highest BCUT2D eigenvalue weighted by Crippen LogP contribution is 2.13. The molecule has 0 saturated carbocycles. The molecule has 8 heteroatoms. The minimum absolute atomic E-state index is 0.00526. The van der Waals surface area contributed by atoms with Gasteiger partial charge in [-0.15, -0.1) is 0 Å². The Morgan fingerprint density at radius 2 is 2.17 bits per heavy atom. The van der Waals surface area contributed by atoms with Crippen molar-refractivity contribution >= 4 is 11.9 Å². The van der Waals surface area contributed by atoms with Gasteiger partial charge < -0.3 is 19.9 Å². The number of ether oxygens (including phenoxy) is 2.